The van der Waals surface area contributed by atoms with E-state index < -0.39 is 12.0 Å². The zero-order valence-corrected chi connectivity index (χ0v) is 24.8. The largest absolute Gasteiger partial charge is 0.618 e. The molecule has 11 heteroatoms. The van der Waals surface area contributed by atoms with Crippen molar-refractivity contribution >= 4 is 35.1 Å². The SMILES string of the molecule is COCCCc1cc(CN(C(=O)[C@H]2CNCC(=O)N2c2ccc(COC(=O)c3ccccc3)cc2)C2CC2)c(Cl)c[n+]1[O-]. The van der Waals surface area contributed by atoms with Crippen molar-refractivity contribution in [3.8, 4) is 0 Å². The van der Waals surface area contributed by atoms with Crippen molar-refractivity contribution in [2.75, 3.05) is 31.7 Å². The molecule has 1 aliphatic carbocycles. The normalized spacial score (nSPS) is 16.7. The first-order valence-corrected chi connectivity index (χ1v) is 14.8. The van der Waals surface area contributed by atoms with E-state index in [9.17, 15) is 19.6 Å². The molecular formula is C32H35ClN4O6. The van der Waals surface area contributed by atoms with Crippen molar-refractivity contribution < 1.29 is 28.6 Å². The molecule has 2 amide bonds. The van der Waals surface area contributed by atoms with E-state index in [2.05, 4.69) is 5.32 Å². The summed E-state index contributed by atoms with van der Waals surface area (Å²) in [7, 11) is 1.62. The standard InChI is InChI=1S/C32H35ClN4O6/c1-42-15-5-8-27-16-24(28(33)20-36(27)41)19-35(25-13-14-25)31(39)29-17-34-18-30(38)37(29)26-11-9-22(10-12-26)21-43-32(40)23-6-3-2-4-7-23/h2-4,6-7,9-12,16,20,25,29,34H,5,8,13-15,17-19,21H2,1H3/t29-/m1/s1. The van der Waals surface area contributed by atoms with Gasteiger partial charge in [0.05, 0.1) is 12.1 Å². The van der Waals surface area contributed by atoms with Crippen molar-refractivity contribution in [2.24, 2.45) is 0 Å². The van der Waals surface area contributed by atoms with Crippen LogP contribution in [-0.2, 0) is 38.6 Å². The van der Waals surface area contributed by atoms with E-state index in [0.29, 0.717) is 53.5 Å². The highest BCUT2D eigenvalue weighted by atomic mass is 35.5. The van der Waals surface area contributed by atoms with Gasteiger partial charge in [0.25, 0.3) is 0 Å². The number of piperazine rings is 1. The second-order valence-electron chi connectivity index (χ2n) is 10.8. The summed E-state index contributed by atoms with van der Waals surface area (Å²) >= 11 is 6.47. The number of hydrogen-bond acceptors (Lipinski definition) is 7. The molecule has 1 N–H and O–H groups in total. The maximum Gasteiger partial charge on any atom is 0.338 e. The molecule has 1 aromatic heterocycles. The monoisotopic (exact) mass is 606 g/mol. The molecular weight excluding hydrogens is 572 g/mol. The van der Waals surface area contributed by atoms with Crippen LogP contribution in [0.5, 0.6) is 0 Å². The number of esters is 1. The van der Waals surface area contributed by atoms with Crippen molar-refractivity contribution in [1.29, 1.82) is 0 Å². The Labute approximate surface area is 255 Å². The number of ether oxygens (including phenoxy) is 2. The fourth-order valence-corrected chi connectivity index (χ4v) is 5.40. The van der Waals surface area contributed by atoms with E-state index in [1.807, 2.05) is 6.07 Å². The second kappa shape index (κ2) is 14.0. The van der Waals surface area contributed by atoms with Crippen LogP contribution in [0.2, 0.25) is 5.02 Å². The lowest BCUT2D eigenvalue weighted by Crippen LogP contribution is -2.61. The van der Waals surface area contributed by atoms with E-state index in [-0.39, 0.29) is 37.6 Å². The molecule has 2 fully saturated rings. The third-order valence-corrected chi connectivity index (χ3v) is 7.97. The first-order valence-electron chi connectivity index (χ1n) is 14.4. The van der Waals surface area contributed by atoms with Crippen LogP contribution in [0.4, 0.5) is 5.69 Å². The van der Waals surface area contributed by atoms with Gasteiger partial charge in [0.15, 0.2) is 11.9 Å². The lowest BCUT2D eigenvalue weighted by molar-refractivity contribution is -0.614. The van der Waals surface area contributed by atoms with E-state index in [0.717, 1.165) is 23.1 Å². The first kappa shape index (κ1) is 30.5. The van der Waals surface area contributed by atoms with Crippen LogP contribution < -0.4 is 14.9 Å². The molecule has 5 rings (SSSR count). The van der Waals surface area contributed by atoms with Gasteiger partial charge in [0.1, 0.15) is 17.7 Å². The molecule has 1 aliphatic heterocycles. The number of benzene rings is 2. The minimum atomic E-state index is -0.753. The van der Waals surface area contributed by atoms with Gasteiger partial charge in [0, 0.05) is 56.6 Å². The summed E-state index contributed by atoms with van der Waals surface area (Å²) in [4.78, 5) is 42.9. The third-order valence-electron chi connectivity index (χ3n) is 7.63. The van der Waals surface area contributed by atoms with Crippen LogP contribution in [0.15, 0.2) is 66.9 Å². The van der Waals surface area contributed by atoms with Crippen molar-refractivity contribution in [3.63, 3.8) is 0 Å². The van der Waals surface area contributed by atoms with Gasteiger partial charge < -0.3 is 24.9 Å². The van der Waals surface area contributed by atoms with Gasteiger partial charge in [-0.3, -0.25) is 14.5 Å². The summed E-state index contributed by atoms with van der Waals surface area (Å²) in [5.41, 5.74) is 3.07. The number of carbonyl (C=O) groups is 3. The number of amides is 2. The first-order chi connectivity index (χ1) is 20.9. The molecule has 2 aliphatic rings. The molecule has 2 aromatic carbocycles. The Morgan fingerprint density at radius 3 is 2.58 bits per heavy atom. The Bertz CT molecular complexity index is 1450. The number of anilines is 1. The predicted molar refractivity (Wildman–Crippen MR) is 160 cm³/mol. The number of halogens is 1. The number of hydrogen-bond donors (Lipinski definition) is 1. The minimum absolute atomic E-state index is 0.0423. The zero-order chi connectivity index (χ0) is 30.3. The van der Waals surface area contributed by atoms with Crippen LogP contribution in [0.1, 0.15) is 46.4 Å². The maximum atomic E-state index is 14.1. The highest BCUT2D eigenvalue weighted by Gasteiger charge is 2.41. The van der Waals surface area contributed by atoms with Crippen molar-refractivity contribution in [3.05, 3.63) is 99.5 Å². The molecule has 0 spiro atoms. The Morgan fingerprint density at radius 2 is 1.88 bits per heavy atom. The lowest BCUT2D eigenvalue weighted by Gasteiger charge is -2.38. The number of nitrogens with one attached hydrogen (secondary N) is 1. The van der Waals surface area contributed by atoms with Gasteiger partial charge >= 0.3 is 5.97 Å². The number of methoxy groups -OCH3 is 1. The van der Waals surface area contributed by atoms with Gasteiger partial charge in [-0.2, -0.15) is 4.73 Å². The Morgan fingerprint density at radius 1 is 1.14 bits per heavy atom. The summed E-state index contributed by atoms with van der Waals surface area (Å²) in [6.45, 7) is 1.27. The topological polar surface area (TPSA) is 115 Å². The van der Waals surface area contributed by atoms with Crippen LogP contribution >= 0.6 is 11.6 Å². The number of aryl methyl sites for hydroxylation is 1. The smallest absolute Gasteiger partial charge is 0.338 e. The van der Waals surface area contributed by atoms with E-state index in [1.54, 1.807) is 71.5 Å². The molecule has 10 nitrogen and oxygen atoms in total. The molecule has 0 radical (unpaired) electrons. The highest BCUT2D eigenvalue weighted by molar-refractivity contribution is 6.31. The summed E-state index contributed by atoms with van der Waals surface area (Å²) in [5, 5.41) is 15.8. The highest BCUT2D eigenvalue weighted by Crippen LogP contribution is 2.32. The molecule has 43 heavy (non-hydrogen) atoms. The van der Waals surface area contributed by atoms with Crippen LogP contribution in [0.25, 0.3) is 0 Å². The van der Waals surface area contributed by atoms with Crippen LogP contribution in [0.3, 0.4) is 0 Å². The van der Waals surface area contributed by atoms with Gasteiger partial charge in [-0.25, -0.2) is 4.79 Å². The van der Waals surface area contributed by atoms with Gasteiger partial charge in [-0.1, -0.05) is 41.9 Å². The zero-order valence-electron chi connectivity index (χ0n) is 24.0. The fraction of sp³-hybridized carbons (Fsp3) is 0.375. The molecule has 3 aromatic rings. The molecule has 1 saturated carbocycles. The summed E-state index contributed by atoms with van der Waals surface area (Å²) < 4.78 is 11.3. The molecule has 0 unspecified atom stereocenters. The van der Waals surface area contributed by atoms with Crippen LogP contribution in [0, 0.1) is 5.21 Å². The number of pyridine rings is 1. The summed E-state index contributed by atoms with van der Waals surface area (Å²) in [6, 6.07) is 16.9. The quantitative estimate of drug-likeness (QED) is 0.145. The van der Waals surface area contributed by atoms with E-state index in [1.165, 1.54) is 6.20 Å². The maximum absolute atomic E-state index is 14.1. The third kappa shape index (κ3) is 7.51. The summed E-state index contributed by atoms with van der Waals surface area (Å²) in [6.07, 6.45) is 4.27. The van der Waals surface area contributed by atoms with E-state index >= 15 is 0 Å². The van der Waals surface area contributed by atoms with Crippen molar-refractivity contribution in [1.82, 2.24) is 10.2 Å². The summed E-state index contributed by atoms with van der Waals surface area (Å²) in [5.74, 6) is -0.813. The molecule has 226 valence electrons. The van der Waals surface area contributed by atoms with Crippen molar-refractivity contribution in [2.45, 2.75) is 50.9 Å². The molecule has 1 atom stereocenters. The average molecular weight is 607 g/mol. The average Bonchev–Trinajstić information content (AvgIpc) is 3.86. The molecule has 1 saturated heterocycles. The number of rotatable bonds is 12. The van der Waals surface area contributed by atoms with E-state index in [4.69, 9.17) is 21.1 Å². The van der Waals surface area contributed by atoms with Gasteiger partial charge in [0.2, 0.25) is 11.8 Å². The molecule has 2 heterocycles. The molecule has 0 bridgehead atoms. The predicted octanol–water partition coefficient (Wildman–Crippen LogP) is 3.41. The van der Waals surface area contributed by atoms with Gasteiger partial charge in [-0.05, 0) is 49.1 Å². The Balaban J connectivity index is 1.31. The van der Waals surface area contributed by atoms with Crippen LogP contribution in [-0.4, -0.2) is 61.6 Å². The Kier molecular flexibility index (Phi) is 9.91. The Hall–Kier alpha value is -3.99. The second-order valence-corrected chi connectivity index (χ2v) is 11.2. The number of aromatic nitrogens is 1. The fourth-order valence-electron chi connectivity index (χ4n) is 5.20. The number of carbonyl (C=O) groups excluding carboxylic acids is 3. The number of nitrogens with zero attached hydrogens (tertiary/aromatic N) is 3. The minimum Gasteiger partial charge on any atom is -0.618 e. The lowest BCUT2D eigenvalue weighted by atomic mass is 10.1. The van der Waals surface area contributed by atoms with Gasteiger partial charge in [-0.15, -0.1) is 0 Å².